The molecule has 7 heteroatoms. The zero-order valence-electron chi connectivity index (χ0n) is 13.2. The van der Waals surface area contributed by atoms with E-state index in [2.05, 4.69) is 0 Å². The summed E-state index contributed by atoms with van der Waals surface area (Å²) in [6.07, 6.45) is 2.19. The normalized spacial score (nSPS) is 23.0. The lowest BCUT2D eigenvalue weighted by atomic mass is 9.81. The molecule has 2 atom stereocenters. The van der Waals surface area contributed by atoms with Crippen molar-refractivity contribution in [2.75, 3.05) is 7.11 Å². The number of hydrogen-bond donors (Lipinski definition) is 0. The van der Waals surface area contributed by atoms with Crippen LogP contribution in [0.2, 0.25) is 0 Å². The van der Waals surface area contributed by atoms with Crippen molar-refractivity contribution in [1.82, 2.24) is 5.06 Å². The molecular formula is C17H17NO6. The lowest BCUT2D eigenvalue weighted by Gasteiger charge is -2.26. The van der Waals surface area contributed by atoms with Gasteiger partial charge in [-0.2, -0.15) is 0 Å². The minimum absolute atomic E-state index is 0.214. The van der Waals surface area contributed by atoms with Crippen LogP contribution < -0.4 is 0 Å². The molecule has 1 aliphatic heterocycles. The van der Waals surface area contributed by atoms with E-state index in [1.54, 1.807) is 12.1 Å². The van der Waals surface area contributed by atoms with Gasteiger partial charge in [-0.3, -0.25) is 14.4 Å². The van der Waals surface area contributed by atoms with Crippen molar-refractivity contribution >= 4 is 23.8 Å². The van der Waals surface area contributed by atoms with Crippen molar-refractivity contribution in [3.8, 4) is 0 Å². The first-order valence-electron chi connectivity index (χ1n) is 7.80. The molecule has 0 saturated heterocycles. The number of methoxy groups -OCH3 is 1. The van der Waals surface area contributed by atoms with Gasteiger partial charge in [0.1, 0.15) is 0 Å². The molecule has 1 fully saturated rings. The van der Waals surface area contributed by atoms with Crippen LogP contribution in [-0.4, -0.2) is 35.9 Å². The summed E-state index contributed by atoms with van der Waals surface area (Å²) in [7, 11) is 1.31. The van der Waals surface area contributed by atoms with Crippen LogP contribution in [0, 0.1) is 11.8 Å². The van der Waals surface area contributed by atoms with Crippen LogP contribution in [0.4, 0.5) is 0 Å². The van der Waals surface area contributed by atoms with E-state index in [1.807, 2.05) is 0 Å². The summed E-state index contributed by atoms with van der Waals surface area (Å²) < 4.78 is 4.72. The molecule has 0 bridgehead atoms. The Labute approximate surface area is 138 Å². The van der Waals surface area contributed by atoms with Crippen LogP contribution >= 0.6 is 0 Å². The average molecular weight is 331 g/mol. The van der Waals surface area contributed by atoms with Gasteiger partial charge in [0.2, 0.25) is 0 Å². The second-order valence-electron chi connectivity index (χ2n) is 5.94. The lowest BCUT2D eigenvalue weighted by molar-refractivity contribution is -0.176. The number of nitrogens with zero attached hydrogens (tertiary/aromatic N) is 1. The maximum Gasteiger partial charge on any atom is 0.336 e. The number of ether oxygens (including phenoxy) is 1. The first-order valence-corrected chi connectivity index (χ1v) is 7.80. The van der Waals surface area contributed by atoms with Crippen LogP contribution in [0.5, 0.6) is 0 Å². The minimum Gasteiger partial charge on any atom is -0.469 e. The standard InChI is InChI=1S/C17H17NO6/c1-23-16(21)10-5-4-6-11(9-10)17(22)24-18-14(19)12-7-2-3-8-13(12)15(18)20/h2-3,7-8,10-11H,4-6,9H2,1H3. The molecule has 1 aliphatic carbocycles. The van der Waals surface area contributed by atoms with Crippen molar-refractivity contribution in [1.29, 1.82) is 0 Å². The number of esters is 1. The zero-order valence-corrected chi connectivity index (χ0v) is 13.2. The quantitative estimate of drug-likeness (QED) is 0.619. The Hall–Kier alpha value is -2.70. The molecule has 1 aromatic carbocycles. The number of carbonyl (C=O) groups excluding carboxylic acids is 4. The molecule has 1 saturated carbocycles. The van der Waals surface area contributed by atoms with E-state index in [1.165, 1.54) is 19.2 Å². The molecule has 7 nitrogen and oxygen atoms in total. The molecule has 1 aromatic rings. The van der Waals surface area contributed by atoms with Crippen molar-refractivity contribution in [2.24, 2.45) is 11.8 Å². The fourth-order valence-corrected chi connectivity index (χ4v) is 3.20. The number of fused-ring (bicyclic) bond motifs is 1. The van der Waals surface area contributed by atoms with Gasteiger partial charge in [0.15, 0.2) is 0 Å². The number of hydrogen-bond acceptors (Lipinski definition) is 6. The smallest absolute Gasteiger partial charge is 0.336 e. The average Bonchev–Trinajstić information content (AvgIpc) is 2.86. The van der Waals surface area contributed by atoms with Crippen LogP contribution in [0.1, 0.15) is 46.4 Å². The highest BCUT2D eigenvalue weighted by Gasteiger charge is 2.41. The molecule has 2 unspecified atom stereocenters. The summed E-state index contributed by atoms with van der Waals surface area (Å²) >= 11 is 0. The Bertz CT molecular complexity index is 678. The van der Waals surface area contributed by atoms with Gasteiger partial charge in [-0.05, 0) is 31.4 Å². The maximum absolute atomic E-state index is 12.3. The van der Waals surface area contributed by atoms with Gasteiger partial charge in [0, 0.05) is 0 Å². The van der Waals surface area contributed by atoms with Crippen molar-refractivity contribution in [2.45, 2.75) is 25.7 Å². The molecular weight excluding hydrogens is 314 g/mol. The summed E-state index contributed by atoms with van der Waals surface area (Å²) in [5.41, 5.74) is 0.428. The Balaban J connectivity index is 1.68. The van der Waals surface area contributed by atoms with Crippen molar-refractivity contribution in [3.05, 3.63) is 35.4 Å². The maximum atomic E-state index is 12.3. The third kappa shape index (κ3) is 2.77. The summed E-state index contributed by atoms with van der Waals surface area (Å²) in [5.74, 6) is -3.21. The molecule has 0 radical (unpaired) electrons. The van der Waals surface area contributed by atoms with E-state index in [0.29, 0.717) is 30.7 Å². The summed E-state index contributed by atoms with van der Waals surface area (Å²) in [5, 5.41) is 0.509. The Morgan fingerprint density at radius 3 is 2.08 bits per heavy atom. The monoisotopic (exact) mass is 331 g/mol. The summed E-state index contributed by atoms with van der Waals surface area (Å²) in [6, 6.07) is 6.30. The third-order valence-electron chi connectivity index (χ3n) is 4.48. The molecule has 1 heterocycles. The molecule has 0 N–H and O–H groups in total. The SMILES string of the molecule is COC(=O)C1CCCC(C(=O)ON2C(=O)c3ccccc3C2=O)C1. The van der Waals surface area contributed by atoms with E-state index < -0.39 is 23.7 Å². The van der Waals surface area contributed by atoms with Crippen LogP contribution in [0.15, 0.2) is 24.3 Å². The largest absolute Gasteiger partial charge is 0.469 e. The molecule has 2 amide bonds. The minimum atomic E-state index is -0.668. The number of imide groups is 1. The van der Waals surface area contributed by atoms with Gasteiger partial charge >= 0.3 is 11.9 Å². The second kappa shape index (κ2) is 6.43. The second-order valence-corrected chi connectivity index (χ2v) is 5.94. The molecule has 2 aliphatic rings. The molecule has 0 aromatic heterocycles. The van der Waals surface area contributed by atoms with E-state index in [-0.39, 0.29) is 23.0 Å². The van der Waals surface area contributed by atoms with Crippen LogP contribution in [0.25, 0.3) is 0 Å². The van der Waals surface area contributed by atoms with Gasteiger partial charge in [0.25, 0.3) is 11.8 Å². The van der Waals surface area contributed by atoms with Gasteiger partial charge in [0.05, 0.1) is 30.1 Å². The predicted molar refractivity (Wildman–Crippen MR) is 80.5 cm³/mol. The van der Waals surface area contributed by atoms with Crippen LogP contribution in [0.3, 0.4) is 0 Å². The highest BCUT2D eigenvalue weighted by atomic mass is 16.7. The number of rotatable bonds is 3. The highest BCUT2D eigenvalue weighted by molar-refractivity contribution is 6.20. The molecule has 3 rings (SSSR count). The molecule has 24 heavy (non-hydrogen) atoms. The van der Waals surface area contributed by atoms with Crippen molar-refractivity contribution in [3.63, 3.8) is 0 Å². The topological polar surface area (TPSA) is 90.0 Å². The first kappa shape index (κ1) is 16.2. The fourth-order valence-electron chi connectivity index (χ4n) is 3.20. The summed E-state index contributed by atoms with van der Waals surface area (Å²) in [4.78, 5) is 53.4. The molecule has 0 spiro atoms. The number of amides is 2. The fraction of sp³-hybridized carbons (Fsp3) is 0.412. The number of benzene rings is 1. The van der Waals surface area contributed by atoms with Gasteiger partial charge < -0.3 is 9.57 Å². The van der Waals surface area contributed by atoms with E-state index in [0.717, 1.165) is 0 Å². The van der Waals surface area contributed by atoms with Crippen molar-refractivity contribution < 1.29 is 28.8 Å². The Kier molecular flexibility index (Phi) is 4.33. The Morgan fingerprint density at radius 2 is 1.54 bits per heavy atom. The van der Waals surface area contributed by atoms with Gasteiger partial charge in [-0.25, -0.2) is 4.79 Å². The van der Waals surface area contributed by atoms with Crippen LogP contribution in [-0.2, 0) is 19.2 Å². The summed E-state index contributed by atoms with van der Waals surface area (Å²) in [6.45, 7) is 0. The first-order chi connectivity index (χ1) is 11.5. The van der Waals surface area contributed by atoms with E-state index >= 15 is 0 Å². The third-order valence-corrected chi connectivity index (χ3v) is 4.48. The number of hydroxylamine groups is 2. The Morgan fingerprint density at radius 1 is 1.00 bits per heavy atom. The van der Waals surface area contributed by atoms with Gasteiger partial charge in [-0.1, -0.05) is 23.6 Å². The molecule has 126 valence electrons. The predicted octanol–water partition coefficient (Wildman–Crippen LogP) is 1.72. The highest BCUT2D eigenvalue weighted by Crippen LogP contribution is 2.32. The van der Waals surface area contributed by atoms with E-state index in [9.17, 15) is 19.2 Å². The van der Waals surface area contributed by atoms with Gasteiger partial charge in [-0.15, -0.1) is 0 Å². The lowest BCUT2D eigenvalue weighted by Crippen LogP contribution is -2.37. The number of carbonyl (C=O) groups is 4. The zero-order chi connectivity index (χ0) is 17.3. The van der Waals surface area contributed by atoms with E-state index in [4.69, 9.17) is 9.57 Å².